The van der Waals surface area contributed by atoms with Crippen LogP contribution in [0.2, 0.25) is 0 Å². The summed E-state index contributed by atoms with van der Waals surface area (Å²) in [6, 6.07) is 12.0. The molecule has 0 saturated carbocycles. The second kappa shape index (κ2) is 12.3. The van der Waals surface area contributed by atoms with Crippen molar-refractivity contribution in [1.82, 2.24) is 4.90 Å². The van der Waals surface area contributed by atoms with E-state index in [1.807, 2.05) is 34.5 Å². The highest BCUT2D eigenvalue weighted by Gasteiger charge is 2.41. The number of thiophene rings is 1. The highest BCUT2D eigenvalue weighted by atomic mass is 32.1. The Morgan fingerprint density at radius 3 is 2.61 bits per heavy atom. The van der Waals surface area contributed by atoms with Crippen LogP contribution < -0.4 is 11.1 Å². The highest BCUT2D eigenvalue weighted by molar-refractivity contribution is 7.12. The Morgan fingerprint density at radius 1 is 1.19 bits per heavy atom. The number of nitrogens with two attached hydrogens (primary N) is 1. The molecule has 1 aromatic carbocycles. The van der Waals surface area contributed by atoms with Crippen LogP contribution >= 0.6 is 11.3 Å². The molecule has 0 aliphatic carbocycles. The number of nitrogens with one attached hydrogen (secondary N) is 1. The molecule has 1 aromatic heterocycles. The van der Waals surface area contributed by atoms with Gasteiger partial charge in [-0.3, -0.25) is 9.59 Å². The second-order valence-corrected chi connectivity index (χ2v) is 11.3. The maximum absolute atomic E-state index is 13.0. The smallest absolute Gasteiger partial charge is 0.265 e. The molecular formula is C28H41N4O3S+. The number of quaternary nitrogens is 1. The van der Waals surface area contributed by atoms with Crippen LogP contribution in [0.25, 0.3) is 0 Å². The summed E-state index contributed by atoms with van der Waals surface area (Å²) in [6.07, 6.45) is 4.05. The van der Waals surface area contributed by atoms with E-state index in [0.717, 1.165) is 60.4 Å². The molecule has 7 nitrogen and oxygen atoms in total. The summed E-state index contributed by atoms with van der Waals surface area (Å²) in [4.78, 5) is 28.0. The number of carbonyl (C=O) groups is 2. The fourth-order valence-electron chi connectivity index (χ4n) is 5.90. The van der Waals surface area contributed by atoms with Gasteiger partial charge in [0.05, 0.1) is 49.8 Å². The summed E-state index contributed by atoms with van der Waals surface area (Å²) in [5.74, 6) is 0.273. The van der Waals surface area contributed by atoms with Gasteiger partial charge in [-0.15, -0.1) is 11.3 Å². The molecule has 3 N–H and O–H groups in total. The van der Waals surface area contributed by atoms with Crippen LogP contribution in [-0.4, -0.2) is 79.2 Å². The molecular weight excluding hydrogens is 472 g/mol. The summed E-state index contributed by atoms with van der Waals surface area (Å²) in [7, 11) is 0. The molecule has 2 aromatic rings. The average molecular weight is 514 g/mol. The number of ether oxygens (including phenoxy) is 1. The zero-order chi connectivity index (χ0) is 25.5. The molecule has 8 heteroatoms. The number of piperidine rings is 1. The van der Waals surface area contributed by atoms with Crippen LogP contribution in [0.4, 0.5) is 5.69 Å². The van der Waals surface area contributed by atoms with Gasteiger partial charge in [-0.2, -0.15) is 0 Å². The standard InChI is InChI=1S/C28H40N4O3S/c1-3-13-32(14-9-23(10-15-32)26(29)28(34)31-11-16-35-17-12-31)21(2)19-22-6-4-7-24(20-22)30-27(33)25-8-5-18-36-25/h4-8,18,20-21,23,26H,3,9-17,19,29H2,1-2H3/p+1. The lowest BCUT2D eigenvalue weighted by molar-refractivity contribution is -0.954. The van der Waals surface area contributed by atoms with Crippen molar-refractivity contribution in [2.24, 2.45) is 11.7 Å². The number of rotatable bonds is 9. The summed E-state index contributed by atoms with van der Waals surface area (Å²) in [5.41, 5.74) is 8.58. The van der Waals surface area contributed by atoms with Gasteiger partial charge in [0, 0.05) is 38.0 Å². The Bertz CT molecular complexity index is 998. The number of benzene rings is 1. The van der Waals surface area contributed by atoms with Crippen molar-refractivity contribution < 1.29 is 18.8 Å². The van der Waals surface area contributed by atoms with E-state index in [1.54, 1.807) is 0 Å². The van der Waals surface area contributed by atoms with Crippen molar-refractivity contribution in [2.75, 3.05) is 51.3 Å². The van der Waals surface area contributed by atoms with Crippen molar-refractivity contribution in [1.29, 1.82) is 0 Å². The van der Waals surface area contributed by atoms with E-state index in [-0.39, 0.29) is 17.7 Å². The molecule has 3 heterocycles. The Hall–Kier alpha value is -2.26. The van der Waals surface area contributed by atoms with Gasteiger partial charge in [0.2, 0.25) is 5.91 Å². The summed E-state index contributed by atoms with van der Waals surface area (Å²) in [6.45, 7) is 10.4. The highest BCUT2D eigenvalue weighted by Crippen LogP contribution is 2.31. The minimum absolute atomic E-state index is 0.0604. The number of carbonyl (C=O) groups excluding carboxylic acids is 2. The fourth-order valence-corrected chi connectivity index (χ4v) is 6.52. The van der Waals surface area contributed by atoms with Crippen molar-refractivity contribution in [2.45, 2.75) is 51.6 Å². The van der Waals surface area contributed by atoms with E-state index in [0.29, 0.717) is 32.3 Å². The normalized spacial score (nSPS) is 24.2. The van der Waals surface area contributed by atoms with Crippen LogP contribution in [0.5, 0.6) is 0 Å². The first-order chi connectivity index (χ1) is 17.4. The third kappa shape index (κ3) is 6.35. The molecule has 0 bridgehead atoms. The number of hydrogen-bond donors (Lipinski definition) is 2. The van der Waals surface area contributed by atoms with Crippen molar-refractivity contribution >= 4 is 28.8 Å². The Morgan fingerprint density at radius 2 is 1.94 bits per heavy atom. The monoisotopic (exact) mass is 513 g/mol. The van der Waals surface area contributed by atoms with Gasteiger partial charge in [0.1, 0.15) is 0 Å². The van der Waals surface area contributed by atoms with Crippen LogP contribution in [-0.2, 0) is 16.0 Å². The first-order valence-electron chi connectivity index (χ1n) is 13.3. The third-order valence-electron chi connectivity index (χ3n) is 8.07. The van der Waals surface area contributed by atoms with E-state index >= 15 is 0 Å². The second-order valence-electron chi connectivity index (χ2n) is 10.4. The van der Waals surface area contributed by atoms with Crippen LogP contribution in [0.15, 0.2) is 41.8 Å². The molecule has 2 saturated heterocycles. The maximum atomic E-state index is 13.0. The van der Waals surface area contributed by atoms with Gasteiger partial charge in [-0.1, -0.05) is 25.1 Å². The molecule has 196 valence electrons. The lowest BCUT2D eigenvalue weighted by Gasteiger charge is -2.49. The minimum Gasteiger partial charge on any atom is -0.378 e. The zero-order valence-corrected chi connectivity index (χ0v) is 22.5. The Balaban J connectivity index is 1.37. The van der Waals surface area contributed by atoms with Gasteiger partial charge in [0.15, 0.2) is 0 Å². The predicted octanol–water partition coefficient (Wildman–Crippen LogP) is 3.75. The van der Waals surface area contributed by atoms with Crippen LogP contribution in [0, 0.1) is 5.92 Å². The number of morpholine rings is 1. The zero-order valence-electron chi connectivity index (χ0n) is 21.7. The molecule has 2 atom stereocenters. The van der Waals surface area contributed by atoms with Gasteiger partial charge in [-0.25, -0.2) is 0 Å². The van der Waals surface area contributed by atoms with Gasteiger partial charge < -0.3 is 25.2 Å². The largest absolute Gasteiger partial charge is 0.378 e. The molecule has 2 aliphatic heterocycles. The number of hydrogen-bond acceptors (Lipinski definition) is 5. The molecule has 2 aliphatic rings. The molecule has 2 fully saturated rings. The average Bonchev–Trinajstić information content (AvgIpc) is 3.45. The van der Waals surface area contributed by atoms with Gasteiger partial charge >= 0.3 is 0 Å². The number of likely N-dealkylation sites (tertiary alicyclic amines) is 1. The van der Waals surface area contributed by atoms with E-state index in [1.165, 1.54) is 16.9 Å². The third-order valence-corrected chi connectivity index (χ3v) is 8.94. The molecule has 36 heavy (non-hydrogen) atoms. The first-order valence-corrected chi connectivity index (χ1v) is 14.2. The minimum atomic E-state index is -0.411. The fraction of sp³-hybridized carbons (Fsp3) is 0.571. The summed E-state index contributed by atoms with van der Waals surface area (Å²) >= 11 is 1.45. The van der Waals surface area contributed by atoms with Gasteiger partial charge in [-0.05, 0) is 48.4 Å². The number of anilines is 1. The Kier molecular flexibility index (Phi) is 9.17. The lowest BCUT2D eigenvalue weighted by atomic mass is 9.86. The van der Waals surface area contributed by atoms with E-state index in [9.17, 15) is 9.59 Å². The Labute approximate surface area is 219 Å². The van der Waals surface area contributed by atoms with E-state index < -0.39 is 6.04 Å². The SMILES string of the molecule is CCC[N+]1(C(C)Cc2cccc(NC(=O)c3cccs3)c2)CCC(C(N)C(=O)N2CCOCC2)CC1. The van der Waals surface area contributed by atoms with Crippen molar-refractivity contribution in [3.63, 3.8) is 0 Å². The maximum Gasteiger partial charge on any atom is 0.265 e. The van der Waals surface area contributed by atoms with Gasteiger partial charge in [0.25, 0.3) is 5.91 Å². The molecule has 4 rings (SSSR count). The summed E-state index contributed by atoms with van der Waals surface area (Å²) in [5, 5.41) is 4.95. The molecule has 0 radical (unpaired) electrons. The topological polar surface area (TPSA) is 84.7 Å². The van der Waals surface area contributed by atoms with Crippen LogP contribution in [0.1, 0.15) is 48.3 Å². The molecule has 2 amide bonds. The van der Waals surface area contributed by atoms with E-state index in [4.69, 9.17) is 10.5 Å². The van der Waals surface area contributed by atoms with E-state index in [2.05, 4.69) is 31.3 Å². The molecule has 0 spiro atoms. The summed E-state index contributed by atoms with van der Waals surface area (Å²) < 4.78 is 6.46. The van der Waals surface area contributed by atoms with Crippen LogP contribution in [0.3, 0.4) is 0 Å². The van der Waals surface area contributed by atoms with Crippen molar-refractivity contribution in [3.8, 4) is 0 Å². The number of nitrogens with zero attached hydrogens (tertiary/aromatic N) is 2. The molecule has 2 unspecified atom stereocenters. The number of amides is 2. The lowest BCUT2D eigenvalue weighted by Crippen LogP contribution is -2.61. The first kappa shape index (κ1) is 26.8. The van der Waals surface area contributed by atoms with Crippen molar-refractivity contribution in [3.05, 3.63) is 52.2 Å². The predicted molar refractivity (Wildman–Crippen MR) is 145 cm³/mol. The quantitative estimate of drug-likeness (QED) is 0.500.